The zero-order valence-electron chi connectivity index (χ0n) is 12.1. The van der Waals surface area contributed by atoms with Crippen molar-refractivity contribution >= 4 is 33.7 Å². The second-order valence-electron chi connectivity index (χ2n) is 5.67. The summed E-state index contributed by atoms with van der Waals surface area (Å²) in [6, 6.07) is 0.539. The van der Waals surface area contributed by atoms with Crippen molar-refractivity contribution in [3.63, 3.8) is 0 Å². The largest absolute Gasteiger partial charge is 0.382 e. The van der Waals surface area contributed by atoms with Gasteiger partial charge in [0.2, 0.25) is 0 Å². The lowest BCUT2D eigenvalue weighted by Crippen LogP contribution is -2.40. The quantitative estimate of drug-likeness (QED) is 0.917. The number of thiazole rings is 1. The molecular weight excluding hydrogens is 288 g/mol. The fraction of sp³-hybridized carbons (Fsp3) is 0.571. The van der Waals surface area contributed by atoms with Crippen LogP contribution in [-0.2, 0) is 0 Å². The van der Waals surface area contributed by atoms with Crippen molar-refractivity contribution in [1.82, 2.24) is 9.36 Å². The normalized spacial score (nSPS) is 23.2. The number of anilines is 2. The predicted octanol–water partition coefficient (Wildman–Crippen LogP) is 3.78. The monoisotopic (exact) mass is 308 g/mol. The van der Waals surface area contributed by atoms with Crippen molar-refractivity contribution < 1.29 is 0 Å². The molecule has 108 valence electrons. The van der Waals surface area contributed by atoms with Gasteiger partial charge in [-0.15, -0.1) is 11.3 Å². The average molecular weight is 308 g/mol. The van der Waals surface area contributed by atoms with Gasteiger partial charge in [-0.05, 0) is 44.1 Å². The van der Waals surface area contributed by atoms with Gasteiger partial charge in [0.05, 0.1) is 16.3 Å². The van der Waals surface area contributed by atoms with Crippen LogP contribution in [0.4, 0.5) is 10.8 Å². The van der Waals surface area contributed by atoms with E-state index in [1.165, 1.54) is 29.4 Å². The minimum absolute atomic E-state index is 0.539. The molecule has 0 aliphatic carbocycles. The first-order chi connectivity index (χ1) is 9.56. The third-order valence-electron chi connectivity index (χ3n) is 3.97. The molecule has 3 heterocycles. The van der Waals surface area contributed by atoms with Crippen molar-refractivity contribution in [2.75, 3.05) is 17.2 Å². The van der Waals surface area contributed by atoms with E-state index in [0.29, 0.717) is 11.9 Å². The molecule has 20 heavy (non-hydrogen) atoms. The number of aryl methyl sites for hydroxylation is 1. The maximum absolute atomic E-state index is 6.10. The fourth-order valence-electron chi connectivity index (χ4n) is 2.92. The van der Waals surface area contributed by atoms with Crippen LogP contribution in [0, 0.1) is 12.8 Å². The van der Waals surface area contributed by atoms with E-state index in [-0.39, 0.29) is 0 Å². The van der Waals surface area contributed by atoms with Crippen LogP contribution in [-0.4, -0.2) is 21.9 Å². The molecule has 0 bridgehead atoms. The third-order valence-corrected chi connectivity index (χ3v) is 5.65. The van der Waals surface area contributed by atoms with Gasteiger partial charge in [0, 0.05) is 18.0 Å². The summed E-state index contributed by atoms with van der Waals surface area (Å²) in [7, 11) is 0. The molecule has 2 N–H and O–H groups in total. The van der Waals surface area contributed by atoms with Gasteiger partial charge in [0.25, 0.3) is 0 Å². The highest BCUT2D eigenvalue weighted by Gasteiger charge is 2.28. The zero-order chi connectivity index (χ0) is 14.3. The van der Waals surface area contributed by atoms with Crippen LogP contribution < -0.4 is 10.6 Å². The van der Waals surface area contributed by atoms with E-state index in [9.17, 15) is 0 Å². The van der Waals surface area contributed by atoms with E-state index < -0.39 is 0 Å². The standard InChI is InChI=1S/C14H20N4S2/c1-8-4-5-18(9(2)6-8)14-12(13(15)17-20-14)11-7-19-10(3)16-11/h7-9H,4-6H2,1-3H3,(H2,15,17). The van der Waals surface area contributed by atoms with E-state index >= 15 is 0 Å². The number of hydrogen-bond donors (Lipinski definition) is 1. The van der Waals surface area contributed by atoms with Crippen LogP contribution in [0.2, 0.25) is 0 Å². The van der Waals surface area contributed by atoms with E-state index in [1.54, 1.807) is 11.3 Å². The second-order valence-corrected chi connectivity index (χ2v) is 7.49. The fourth-order valence-corrected chi connectivity index (χ4v) is 4.47. The molecule has 6 heteroatoms. The van der Waals surface area contributed by atoms with E-state index in [4.69, 9.17) is 5.73 Å². The van der Waals surface area contributed by atoms with Crippen LogP contribution in [0.3, 0.4) is 0 Å². The minimum Gasteiger partial charge on any atom is -0.382 e. The highest BCUT2D eigenvalue weighted by Crippen LogP contribution is 2.42. The molecule has 1 saturated heterocycles. The molecule has 1 fully saturated rings. The Hall–Kier alpha value is -1.14. The Morgan fingerprint density at radius 3 is 2.85 bits per heavy atom. The zero-order valence-corrected chi connectivity index (χ0v) is 13.7. The number of nitrogens with zero attached hydrogens (tertiary/aromatic N) is 3. The number of rotatable bonds is 2. The highest BCUT2D eigenvalue weighted by molar-refractivity contribution is 7.11. The SMILES string of the molecule is Cc1nc(-c2c(N)nsc2N2CCC(C)CC2C)cs1. The van der Waals surface area contributed by atoms with Crippen molar-refractivity contribution in [3.05, 3.63) is 10.4 Å². The first kappa shape index (κ1) is 13.8. The number of aromatic nitrogens is 2. The van der Waals surface area contributed by atoms with Gasteiger partial charge in [-0.1, -0.05) is 6.92 Å². The van der Waals surface area contributed by atoms with E-state index in [2.05, 4.69) is 33.5 Å². The molecule has 4 nitrogen and oxygen atoms in total. The molecule has 1 aliphatic rings. The van der Waals surface area contributed by atoms with Gasteiger partial charge in [0.1, 0.15) is 10.8 Å². The Labute approximate surface area is 127 Å². The topological polar surface area (TPSA) is 55.0 Å². The van der Waals surface area contributed by atoms with E-state index in [0.717, 1.165) is 28.7 Å². The summed E-state index contributed by atoms with van der Waals surface area (Å²) in [5.74, 6) is 1.41. The Morgan fingerprint density at radius 2 is 2.20 bits per heavy atom. The summed E-state index contributed by atoms with van der Waals surface area (Å²) in [6.07, 6.45) is 2.46. The molecule has 2 aromatic heterocycles. The first-order valence-electron chi connectivity index (χ1n) is 7.00. The number of nitrogen functional groups attached to an aromatic ring is 1. The van der Waals surface area contributed by atoms with Crippen LogP contribution in [0.15, 0.2) is 5.38 Å². The van der Waals surface area contributed by atoms with Gasteiger partial charge >= 0.3 is 0 Å². The number of hydrogen-bond acceptors (Lipinski definition) is 6. The maximum Gasteiger partial charge on any atom is 0.148 e. The average Bonchev–Trinajstić information content (AvgIpc) is 2.96. The molecule has 2 atom stereocenters. The molecule has 0 amide bonds. The van der Waals surface area contributed by atoms with Gasteiger partial charge in [-0.2, -0.15) is 4.37 Å². The predicted molar refractivity (Wildman–Crippen MR) is 87.6 cm³/mol. The van der Waals surface area contributed by atoms with Crippen molar-refractivity contribution in [2.45, 2.75) is 39.7 Å². The summed E-state index contributed by atoms with van der Waals surface area (Å²) in [4.78, 5) is 7.04. The van der Waals surface area contributed by atoms with Gasteiger partial charge < -0.3 is 10.6 Å². The number of nitrogens with two attached hydrogens (primary N) is 1. The lowest BCUT2D eigenvalue weighted by molar-refractivity contribution is 0.379. The Balaban J connectivity index is 1.99. The van der Waals surface area contributed by atoms with Crippen molar-refractivity contribution in [1.29, 1.82) is 0 Å². The minimum atomic E-state index is 0.539. The Morgan fingerprint density at radius 1 is 1.40 bits per heavy atom. The second kappa shape index (κ2) is 5.33. The highest BCUT2D eigenvalue weighted by atomic mass is 32.1. The van der Waals surface area contributed by atoms with Crippen molar-refractivity contribution in [2.24, 2.45) is 5.92 Å². The number of piperidine rings is 1. The molecule has 1 aliphatic heterocycles. The smallest absolute Gasteiger partial charge is 0.148 e. The molecule has 0 radical (unpaired) electrons. The lowest BCUT2D eigenvalue weighted by Gasteiger charge is -2.37. The van der Waals surface area contributed by atoms with Gasteiger partial charge in [0.15, 0.2) is 0 Å². The summed E-state index contributed by atoms with van der Waals surface area (Å²) >= 11 is 3.17. The summed E-state index contributed by atoms with van der Waals surface area (Å²) in [6.45, 7) is 7.73. The molecule has 0 spiro atoms. The molecular formula is C14H20N4S2. The maximum atomic E-state index is 6.10. The molecule has 2 aromatic rings. The summed E-state index contributed by atoms with van der Waals surface area (Å²) in [5.41, 5.74) is 8.10. The lowest BCUT2D eigenvalue weighted by atomic mass is 9.93. The van der Waals surface area contributed by atoms with Crippen LogP contribution in [0.5, 0.6) is 0 Å². The molecule has 0 aromatic carbocycles. The van der Waals surface area contributed by atoms with Crippen LogP contribution >= 0.6 is 22.9 Å². The molecule has 2 unspecified atom stereocenters. The third kappa shape index (κ3) is 2.42. The van der Waals surface area contributed by atoms with Gasteiger partial charge in [-0.25, -0.2) is 4.98 Å². The van der Waals surface area contributed by atoms with E-state index in [1.807, 2.05) is 6.92 Å². The van der Waals surface area contributed by atoms with Crippen LogP contribution in [0.25, 0.3) is 11.3 Å². The summed E-state index contributed by atoms with van der Waals surface area (Å²) < 4.78 is 4.37. The summed E-state index contributed by atoms with van der Waals surface area (Å²) in [5, 5.41) is 4.33. The Kier molecular flexibility index (Phi) is 3.69. The van der Waals surface area contributed by atoms with Crippen molar-refractivity contribution in [3.8, 4) is 11.3 Å². The molecule has 3 rings (SSSR count). The van der Waals surface area contributed by atoms with Gasteiger partial charge in [-0.3, -0.25) is 0 Å². The van der Waals surface area contributed by atoms with Crippen LogP contribution in [0.1, 0.15) is 31.7 Å². The first-order valence-corrected chi connectivity index (χ1v) is 8.66. The Bertz CT molecular complexity index is 604. The molecule has 0 saturated carbocycles.